The van der Waals surface area contributed by atoms with Gasteiger partial charge in [-0.05, 0) is 50.1 Å². The van der Waals surface area contributed by atoms with Crippen LogP contribution in [-0.4, -0.2) is 9.78 Å². The average molecular weight is 215 g/mol. The summed E-state index contributed by atoms with van der Waals surface area (Å²) in [5.41, 5.74) is 11.2. The van der Waals surface area contributed by atoms with Gasteiger partial charge in [0.1, 0.15) is 0 Å². The minimum atomic E-state index is 0.779. The topological polar surface area (TPSA) is 43.8 Å². The highest BCUT2D eigenvalue weighted by Gasteiger charge is 2.10. The van der Waals surface area contributed by atoms with Crippen molar-refractivity contribution >= 4 is 5.69 Å². The molecule has 16 heavy (non-hydrogen) atoms. The smallest absolute Gasteiger partial charge is 0.0650 e. The molecule has 0 amide bonds. The van der Waals surface area contributed by atoms with E-state index < -0.39 is 0 Å². The van der Waals surface area contributed by atoms with Crippen LogP contribution in [0.15, 0.2) is 24.3 Å². The second-order valence-electron chi connectivity index (χ2n) is 4.01. The van der Waals surface area contributed by atoms with Crippen molar-refractivity contribution in [1.82, 2.24) is 9.78 Å². The fourth-order valence-corrected chi connectivity index (χ4v) is 2.05. The van der Waals surface area contributed by atoms with Crippen LogP contribution in [0.1, 0.15) is 23.9 Å². The highest BCUT2D eigenvalue weighted by Crippen LogP contribution is 2.18. The lowest BCUT2D eigenvalue weighted by molar-refractivity contribution is 0.833. The number of nitrogen functional groups attached to an aromatic ring is 1. The third-order valence-electron chi connectivity index (χ3n) is 2.93. The molecule has 0 saturated heterocycles. The molecule has 0 aliphatic carbocycles. The molecular formula is C13H17N3. The van der Waals surface area contributed by atoms with Gasteiger partial charge in [0, 0.05) is 11.4 Å². The number of aryl methyl sites for hydroxylation is 1. The normalized spacial score (nSPS) is 10.7. The maximum Gasteiger partial charge on any atom is 0.0650 e. The summed E-state index contributed by atoms with van der Waals surface area (Å²) in [5.74, 6) is 0. The molecule has 3 nitrogen and oxygen atoms in total. The van der Waals surface area contributed by atoms with Gasteiger partial charge < -0.3 is 5.73 Å². The Balaban J connectivity index is 2.52. The number of rotatable bonds is 2. The van der Waals surface area contributed by atoms with Crippen molar-refractivity contribution in [3.05, 3.63) is 41.2 Å². The second-order valence-corrected chi connectivity index (χ2v) is 4.01. The lowest BCUT2D eigenvalue weighted by Gasteiger charge is -2.05. The largest absolute Gasteiger partial charge is 0.399 e. The lowest BCUT2D eigenvalue weighted by Crippen LogP contribution is -1.99. The van der Waals surface area contributed by atoms with Crippen LogP contribution in [0.3, 0.4) is 0 Å². The van der Waals surface area contributed by atoms with Crippen LogP contribution in [0.25, 0.3) is 5.69 Å². The molecule has 84 valence electrons. The number of hydrogen-bond donors (Lipinski definition) is 1. The van der Waals surface area contributed by atoms with Gasteiger partial charge in [-0.15, -0.1) is 0 Å². The molecule has 1 heterocycles. The quantitative estimate of drug-likeness (QED) is 0.783. The van der Waals surface area contributed by atoms with Crippen LogP contribution >= 0.6 is 0 Å². The van der Waals surface area contributed by atoms with Crippen LogP contribution in [0.5, 0.6) is 0 Å². The van der Waals surface area contributed by atoms with E-state index >= 15 is 0 Å². The Morgan fingerprint density at radius 2 is 1.81 bits per heavy atom. The van der Waals surface area contributed by atoms with Gasteiger partial charge in [0.25, 0.3) is 0 Å². The molecular weight excluding hydrogens is 198 g/mol. The summed E-state index contributed by atoms with van der Waals surface area (Å²) in [6.07, 6.45) is 1.02. The maximum atomic E-state index is 5.67. The minimum Gasteiger partial charge on any atom is -0.399 e. The van der Waals surface area contributed by atoms with E-state index in [0.29, 0.717) is 0 Å². The van der Waals surface area contributed by atoms with Crippen molar-refractivity contribution in [3.8, 4) is 5.69 Å². The van der Waals surface area contributed by atoms with Crippen LogP contribution in [0.2, 0.25) is 0 Å². The third-order valence-corrected chi connectivity index (χ3v) is 2.93. The summed E-state index contributed by atoms with van der Waals surface area (Å²) in [4.78, 5) is 0. The van der Waals surface area contributed by atoms with Gasteiger partial charge in [-0.2, -0.15) is 5.10 Å². The second kappa shape index (κ2) is 4.00. The highest BCUT2D eigenvalue weighted by molar-refractivity contribution is 5.46. The van der Waals surface area contributed by atoms with Crippen LogP contribution in [0.4, 0.5) is 5.69 Å². The van der Waals surface area contributed by atoms with E-state index in [1.54, 1.807) is 0 Å². The SMILES string of the molecule is CCc1c(C)nn(-c2ccc(N)cc2)c1C. The average Bonchev–Trinajstić information content (AvgIpc) is 2.55. The molecule has 0 bridgehead atoms. The predicted molar refractivity (Wildman–Crippen MR) is 66.8 cm³/mol. The van der Waals surface area contributed by atoms with E-state index in [2.05, 4.69) is 25.9 Å². The molecule has 0 saturated carbocycles. The molecule has 0 spiro atoms. The van der Waals surface area contributed by atoms with Crippen molar-refractivity contribution in [2.75, 3.05) is 5.73 Å². The first-order chi connectivity index (χ1) is 7.63. The zero-order chi connectivity index (χ0) is 11.7. The molecule has 2 N–H and O–H groups in total. The summed E-state index contributed by atoms with van der Waals surface area (Å²) in [6, 6.07) is 7.79. The van der Waals surface area contributed by atoms with E-state index in [9.17, 15) is 0 Å². The Bertz CT molecular complexity index is 495. The third kappa shape index (κ3) is 1.69. The Morgan fingerprint density at radius 1 is 1.19 bits per heavy atom. The van der Waals surface area contributed by atoms with E-state index in [1.807, 2.05) is 28.9 Å². The first-order valence-electron chi connectivity index (χ1n) is 5.54. The number of nitrogens with zero attached hydrogens (tertiary/aromatic N) is 2. The Hall–Kier alpha value is -1.77. The zero-order valence-electron chi connectivity index (χ0n) is 9.99. The van der Waals surface area contributed by atoms with Gasteiger partial charge in [-0.3, -0.25) is 0 Å². The fourth-order valence-electron chi connectivity index (χ4n) is 2.05. The first-order valence-corrected chi connectivity index (χ1v) is 5.54. The van der Waals surface area contributed by atoms with Gasteiger partial charge in [0.15, 0.2) is 0 Å². The number of anilines is 1. The molecule has 0 aliphatic rings. The van der Waals surface area contributed by atoms with Gasteiger partial charge in [0.05, 0.1) is 11.4 Å². The summed E-state index contributed by atoms with van der Waals surface area (Å²) in [5, 5.41) is 4.56. The van der Waals surface area contributed by atoms with Crippen LogP contribution in [0, 0.1) is 13.8 Å². The van der Waals surface area contributed by atoms with Gasteiger partial charge in [-0.1, -0.05) is 6.92 Å². The van der Waals surface area contributed by atoms with Crippen LogP contribution < -0.4 is 5.73 Å². The first kappa shape index (κ1) is 10.7. The Kier molecular flexibility index (Phi) is 2.69. The molecule has 2 aromatic rings. The van der Waals surface area contributed by atoms with Crippen molar-refractivity contribution in [2.45, 2.75) is 27.2 Å². The summed E-state index contributed by atoms with van der Waals surface area (Å²) >= 11 is 0. The van der Waals surface area contributed by atoms with Crippen molar-refractivity contribution < 1.29 is 0 Å². The molecule has 3 heteroatoms. The van der Waals surface area contributed by atoms with E-state index in [4.69, 9.17) is 5.73 Å². The molecule has 0 fully saturated rings. The molecule has 0 aliphatic heterocycles. The van der Waals surface area contributed by atoms with Crippen molar-refractivity contribution in [1.29, 1.82) is 0 Å². The molecule has 1 aromatic carbocycles. The van der Waals surface area contributed by atoms with Crippen molar-refractivity contribution in [2.24, 2.45) is 0 Å². The Labute approximate surface area is 95.9 Å². The van der Waals surface area contributed by atoms with Gasteiger partial charge in [0.2, 0.25) is 0 Å². The number of nitrogens with two attached hydrogens (primary N) is 1. The monoisotopic (exact) mass is 215 g/mol. The van der Waals surface area contributed by atoms with E-state index in [1.165, 1.54) is 11.3 Å². The Morgan fingerprint density at radius 3 is 2.31 bits per heavy atom. The van der Waals surface area contributed by atoms with Gasteiger partial charge in [-0.25, -0.2) is 4.68 Å². The maximum absolute atomic E-state index is 5.67. The molecule has 0 radical (unpaired) electrons. The zero-order valence-corrected chi connectivity index (χ0v) is 9.99. The highest BCUT2D eigenvalue weighted by atomic mass is 15.3. The summed E-state index contributed by atoms with van der Waals surface area (Å²) < 4.78 is 1.98. The van der Waals surface area contributed by atoms with Crippen molar-refractivity contribution in [3.63, 3.8) is 0 Å². The standard InChI is InChI=1S/C13H17N3/c1-4-13-9(2)15-16(10(13)3)12-7-5-11(14)6-8-12/h5-8H,4,14H2,1-3H3. The molecule has 0 atom stereocenters. The number of benzene rings is 1. The minimum absolute atomic E-state index is 0.779. The summed E-state index contributed by atoms with van der Waals surface area (Å²) in [6.45, 7) is 6.32. The van der Waals surface area contributed by atoms with Crippen LogP contribution in [-0.2, 0) is 6.42 Å². The molecule has 0 unspecified atom stereocenters. The fraction of sp³-hybridized carbons (Fsp3) is 0.308. The van der Waals surface area contributed by atoms with Gasteiger partial charge >= 0.3 is 0 Å². The number of hydrogen-bond acceptors (Lipinski definition) is 2. The lowest BCUT2D eigenvalue weighted by atomic mass is 10.1. The summed E-state index contributed by atoms with van der Waals surface area (Å²) in [7, 11) is 0. The number of aromatic nitrogens is 2. The van der Waals surface area contributed by atoms with E-state index in [0.717, 1.165) is 23.5 Å². The molecule has 1 aromatic heterocycles. The predicted octanol–water partition coefficient (Wildman–Crippen LogP) is 2.63. The molecule has 2 rings (SSSR count). The van der Waals surface area contributed by atoms with E-state index in [-0.39, 0.29) is 0 Å².